The number of hydrogen-bond donors (Lipinski definition) is 1. The van der Waals surface area contributed by atoms with Crippen molar-refractivity contribution in [2.24, 2.45) is 0 Å². The van der Waals surface area contributed by atoms with E-state index in [0.29, 0.717) is 5.75 Å². The third kappa shape index (κ3) is 7.38. The number of likely N-dealkylation sites (N-methyl/N-ethyl adjacent to an activating group) is 1. The second kappa shape index (κ2) is 14.6. The summed E-state index contributed by atoms with van der Waals surface area (Å²) in [7, 11) is 0.164. The van der Waals surface area contributed by atoms with Gasteiger partial charge in [0.1, 0.15) is 24.1 Å². The Labute approximate surface area is 259 Å². The average Bonchev–Trinajstić information content (AvgIpc) is 3.05. The first-order chi connectivity index (χ1) is 21.2. The highest BCUT2D eigenvalue weighted by Crippen LogP contribution is 2.33. The van der Waals surface area contributed by atoms with Gasteiger partial charge in [0.05, 0.1) is 24.8 Å². The van der Waals surface area contributed by atoms with Crippen molar-refractivity contribution in [1.82, 2.24) is 10.2 Å². The second-order valence-electron chi connectivity index (χ2n) is 10.1. The van der Waals surface area contributed by atoms with Gasteiger partial charge in [-0.3, -0.25) is 13.9 Å². The molecule has 4 aromatic carbocycles. The van der Waals surface area contributed by atoms with Gasteiger partial charge in [-0.1, -0.05) is 66.7 Å². The summed E-state index contributed by atoms with van der Waals surface area (Å²) in [6.07, 6.45) is 0.234. The largest absolute Gasteiger partial charge is 0.497 e. The summed E-state index contributed by atoms with van der Waals surface area (Å²) in [6, 6.07) is 28.6. The number of ether oxygens (including phenoxy) is 2. The van der Waals surface area contributed by atoms with Crippen LogP contribution in [-0.4, -0.2) is 59.0 Å². The van der Waals surface area contributed by atoms with Crippen molar-refractivity contribution < 1.29 is 27.5 Å². The normalized spacial score (nSPS) is 11.7. The minimum atomic E-state index is -4.28. The average molecular weight is 616 g/mol. The van der Waals surface area contributed by atoms with E-state index in [1.807, 2.05) is 61.5 Å². The summed E-state index contributed by atoms with van der Waals surface area (Å²) in [4.78, 5) is 29.3. The van der Waals surface area contributed by atoms with Crippen LogP contribution in [0.4, 0.5) is 5.69 Å². The van der Waals surface area contributed by atoms with Crippen molar-refractivity contribution in [3.8, 4) is 11.5 Å². The van der Waals surface area contributed by atoms with Crippen LogP contribution in [0, 0.1) is 6.92 Å². The van der Waals surface area contributed by atoms with Crippen LogP contribution >= 0.6 is 0 Å². The molecule has 9 nitrogen and oxygen atoms in total. The summed E-state index contributed by atoms with van der Waals surface area (Å²) in [6.45, 7) is 1.45. The Morgan fingerprint density at radius 2 is 1.45 bits per heavy atom. The zero-order valence-electron chi connectivity index (χ0n) is 25.3. The van der Waals surface area contributed by atoms with Crippen LogP contribution in [0.3, 0.4) is 0 Å². The Bertz CT molecular complexity index is 1680. The molecule has 4 aromatic rings. The van der Waals surface area contributed by atoms with Crippen molar-refractivity contribution in [3.05, 3.63) is 120 Å². The number of carbonyl (C=O) groups excluding carboxylic acids is 2. The maximum atomic E-state index is 14.5. The first-order valence-electron chi connectivity index (χ1n) is 14.1. The number of methoxy groups -OCH3 is 2. The molecule has 0 aliphatic heterocycles. The second-order valence-corrected chi connectivity index (χ2v) is 12.0. The van der Waals surface area contributed by atoms with E-state index in [9.17, 15) is 18.0 Å². The van der Waals surface area contributed by atoms with Crippen LogP contribution in [-0.2, 0) is 32.6 Å². The predicted octanol–water partition coefficient (Wildman–Crippen LogP) is 4.59. The molecule has 44 heavy (non-hydrogen) atoms. The lowest BCUT2D eigenvalue weighted by Crippen LogP contribution is -2.53. The number of amides is 2. The van der Waals surface area contributed by atoms with Crippen molar-refractivity contribution >= 4 is 27.5 Å². The molecule has 1 N–H and O–H groups in total. The molecule has 0 bridgehead atoms. The molecule has 10 heteroatoms. The smallest absolute Gasteiger partial charge is 0.264 e. The van der Waals surface area contributed by atoms with Crippen LogP contribution in [0.15, 0.2) is 108 Å². The van der Waals surface area contributed by atoms with E-state index in [1.54, 1.807) is 36.4 Å². The minimum absolute atomic E-state index is 0.0328. The molecule has 0 aliphatic carbocycles. The van der Waals surface area contributed by atoms with Crippen molar-refractivity contribution in [2.75, 3.05) is 32.1 Å². The molecule has 0 aliphatic rings. The van der Waals surface area contributed by atoms with Gasteiger partial charge < -0.3 is 19.7 Å². The molecule has 0 heterocycles. The lowest BCUT2D eigenvalue weighted by molar-refractivity contribution is -0.139. The van der Waals surface area contributed by atoms with Gasteiger partial charge in [0.15, 0.2) is 0 Å². The van der Waals surface area contributed by atoms with Crippen molar-refractivity contribution in [3.63, 3.8) is 0 Å². The molecule has 0 spiro atoms. The Morgan fingerprint density at radius 3 is 2.09 bits per heavy atom. The first-order valence-corrected chi connectivity index (χ1v) is 15.5. The van der Waals surface area contributed by atoms with Crippen LogP contribution < -0.4 is 19.1 Å². The minimum Gasteiger partial charge on any atom is -0.497 e. The number of aryl methyl sites for hydroxylation is 1. The van der Waals surface area contributed by atoms with E-state index >= 15 is 0 Å². The van der Waals surface area contributed by atoms with Gasteiger partial charge in [-0.15, -0.1) is 0 Å². The molecule has 0 aromatic heterocycles. The number of nitrogens with zero attached hydrogens (tertiary/aromatic N) is 2. The Balaban J connectivity index is 1.82. The molecule has 0 saturated heterocycles. The number of benzene rings is 4. The number of para-hydroxylation sites is 2. The summed E-state index contributed by atoms with van der Waals surface area (Å²) >= 11 is 0. The van der Waals surface area contributed by atoms with Gasteiger partial charge >= 0.3 is 0 Å². The van der Waals surface area contributed by atoms with Gasteiger partial charge in [-0.25, -0.2) is 8.42 Å². The highest BCUT2D eigenvalue weighted by atomic mass is 32.2. The lowest BCUT2D eigenvalue weighted by Gasteiger charge is -2.34. The van der Waals surface area contributed by atoms with E-state index in [2.05, 4.69) is 5.32 Å². The topological polar surface area (TPSA) is 105 Å². The maximum Gasteiger partial charge on any atom is 0.264 e. The summed E-state index contributed by atoms with van der Waals surface area (Å²) in [5, 5.41) is 2.69. The van der Waals surface area contributed by atoms with Gasteiger partial charge in [0.2, 0.25) is 11.8 Å². The van der Waals surface area contributed by atoms with E-state index in [1.165, 1.54) is 38.3 Å². The summed E-state index contributed by atoms with van der Waals surface area (Å²) in [5.74, 6) is -0.156. The van der Waals surface area contributed by atoms with E-state index in [-0.39, 0.29) is 35.2 Å². The molecular weight excluding hydrogens is 578 g/mol. The van der Waals surface area contributed by atoms with Gasteiger partial charge in [-0.2, -0.15) is 0 Å². The molecule has 0 unspecified atom stereocenters. The number of carbonyl (C=O) groups is 2. The van der Waals surface area contributed by atoms with Crippen LogP contribution in [0.5, 0.6) is 11.5 Å². The number of hydrogen-bond acceptors (Lipinski definition) is 6. The number of rotatable bonds is 13. The standard InChI is InChI=1S/C34H37N3O6S/c1-25-12-8-9-15-27(25)23-36(31(34(39)35-2)22-26-13-6-5-7-14-26)33(38)24-37(30-16-10-11-17-32(30)43-4)44(40,41)29-20-18-28(42-3)19-21-29/h5-21,31H,22-24H2,1-4H3,(H,35,39)/t31-/m0/s1. The maximum absolute atomic E-state index is 14.5. The SMILES string of the molecule is CNC(=O)[C@H](Cc1ccccc1)N(Cc1ccccc1C)C(=O)CN(c1ccccc1OC)S(=O)(=O)c1ccc(OC)cc1. The number of sulfonamides is 1. The zero-order chi connectivity index (χ0) is 31.7. The van der Waals surface area contributed by atoms with E-state index in [0.717, 1.165) is 21.0 Å². The van der Waals surface area contributed by atoms with Crippen molar-refractivity contribution in [1.29, 1.82) is 0 Å². The Kier molecular flexibility index (Phi) is 10.6. The highest BCUT2D eigenvalue weighted by molar-refractivity contribution is 7.92. The fraction of sp³-hybridized carbons (Fsp3) is 0.235. The molecule has 2 amide bonds. The molecule has 0 fully saturated rings. The highest BCUT2D eigenvalue weighted by Gasteiger charge is 2.35. The third-order valence-corrected chi connectivity index (χ3v) is 9.17. The van der Waals surface area contributed by atoms with Crippen LogP contribution in [0.1, 0.15) is 16.7 Å². The monoisotopic (exact) mass is 615 g/mol. The Morgan fingerprint density at radius 1 is 0.818 bits per heavy atom. The third-order valence-electron chi connectivity index (χ3n) is 7.40. The van der Waals surface area contributed by atoms with Crippen molar-refractivity contribution in [2.45, 2.75) is 30.8 Å². The number of anilines is 1. The predicted molar refractivity (Wildman–Crippen MR) is 170 cm³/mol. The summed E-state index contributed by atoms with van der Waals surface area (Å²) in [5.41, 5.74) is 2.82. The van der Waals surface area contributed by atoms with Gasteiger partial charge in [-0.05, 0) is 60.0 Å². The molecule has 4 rings (SSSR count). The fourth-order valence-electron chi connectivity index (χ4n) is 4.92. The van der Waals surface area contributed by atoms with Gasteiger partial charge in [0, 0.05) is 20.0 Å². The fourth-order valence-corrected chi connectivity index (χ4v) is 6.34. The number of nitrogens with one attached hydrogen (secondary N) is 1. The van der Waals surface area contributed by atoms with Gasteiger partial charge in [0.25, 0.3) is 10.0 Å². The Hall–Kier alpha value is -4.83. The first kappa shape index (κ1) is 32.1. The molecule has 230 valence electrons. The molecule has 0 radical (unpaired) electrons. The molecule has 0 saturated carbocycles. The zero-order valence-corrected chi connectivity index (χ0v) is 26.1. The quantitative estimate of drug-likeness (QED) is 0.236. The lowest BCUT2D eigenvalue weighted by atomic mass is 10.0. The summed E-state index contributed by atoms with van der Waals surface area (Å²) < 4.78 is 40.2. The van der Waals surface area contributed by atoms with E-state index in [4.69, 9.17) is 9.47 Å². The van der Waals surface area contributed by atoms with E-state index < -0.39 is 28.5 Å². The molecule has 1 atom stereocenters. The van der Waals surface area contributed by atoms with Crippen LogP contribution in [0.2, 0.25) is 0 Å². The van der Waals surface area contributed by atoms with Crippen LogP contribution in [0.25, 0.3) is 0 Å². The molecular formula is C34H37N3O6S.